The maximum Gasteiger partial charge on any atom is 0.275 e. The van der Waals surface area contributed by atoms with Crippen LogP contribution in [0.15, 0.2) is 36.4 Å². The molecule has 0 aliphatic heterocycles. The molecule has 0 unspecified atom stereocenters. The highest BCUT2D eigenvalue weighted by Gasteiger charge is 2.07. The largest absolute Gasteiger partial charge is 0.488 e. The third-order valence-electron chi connectivity index (χ3n) is 2.61. The molecular weight excluding hydrogens is 276 g/mol. The molecule has 20 heavy (non-hydrogen) atoms. The summed E-state index contributed by atoms with van der Waals surface area (Å²) < 4.78 is 10.8. The molecule has 1 aromatic carbocycles. The number of hydrogen-bond donors (Lipinski definition) is 2. The molecular formula is C14H16N2O3S. The van der Waals surface area contributed by atoms with E-state index in [1.54, 1.807) is 13.2 Å². The Morgan fingerprint density at radius 1 is 1.30 bits per heavy atom. The topological polar surface area (TPSA) is 73.6 Å². The van der Waals surface area contributed by atoms with Crippen LogP contribution in [-0.2, 0) is 18.0 Å². The van der Waals surface area contributed by atoms with Crippen molar-refractivity contribution in [2.24, 2.45) is 5.84 Å². The van der Waals surface area contributed by atoms with E-state index in [1.807, 2.05) is 30.3 Å². The zero-order valence-electron chi connectivity index (χ0n) is 11.1. The van der Waals surface area contributed by atoms with Crippen molar-refractivity contribution in [1.29, 1.82) is 0 Å². The van der Waals surface area contributed by atoms with E-state index in [-0.39, 0.29) is 5.91 Å². The van der Waals surface area contributed by atoms with Crippen molar-refractivity contribution in [2.75, 3.05) is 7.11 Å². The number of amides is 1. The fourth-order valence-electron chi connectivity index (χ4n) is 1.69. The van der Waals surface area contributed by atoms with Gasteiger partial charge in [-0.25, -0.2) is 5.84 Å². The number of benzene rings is 1. The van der Waals surface area contributed by atoms with Crippen molar-refractivity contribution in [2.45, 2.75) is 13.2 Å². The zero-order chi connectivity index (χ0) is 14.4. The summed E-state index contributed by atoms with van der Waals surface area (Å²) >= 11 is 1.36. The zero-order valence-corrected chi connectivity index (χ0v) is 11.9. The lowest BCUT2D eigenvalue weighted by Gasteiger charge is -2.06. The molecule has 1 amide bonds. The van der Waals surface area contributed by atoms with E-state index >= 15 is 0 Å². The maximum atomic E-state index is 11.3. The Morgan fingerprint density at radius 3 is 2.90 bits per heavy atom. The quantitative estimate of drug-likeness (QED) is 0.485. The Balaban J connectivity index is 1.96. The number of hydrogen-bond acceptors (Lipinski definition) is 5. The number of ether oxygens (including phenoxy) is 2. The lowest BCUT2D eigenvalue weighted by molar-refractivity contribution is 0.0957. The SMILES string of the molecule is COCc1cccc(OCc2ccc(C(=O)NN)s2)c1. The van der Waals surface area contributed by atoms with Crippen LogP contribution in [0.4, 0.5) is 0 Å². The second kappa shape index (κ2) is 7.04. The average molecular weight is 292 g/mol. The van der Waals surface area contributed by atoms with Crippen molar-refractivity contribution in [3.05, 3.63) is 51.7 Å². The van der Waals surface area contributed by atoms with Crippen molar-refractivity contribution >= 4 is 17.2 Å². The van der Waals surface area contributed by atoms with E-state index in [1.165, 1.54) is 11.3 Å². The Bertz CT molecular complexity index is 583. The number of methoxy groups -OCH3 is 1. The van der Waals surface area contributed by atoms with Gasteiger partial charge in [-0.2, -0.15) is 0 Å². The fourth-order valence-corrected chi connectivity index (χ4v) is 2.52. The summed E-state index contributed by atoms with van der Waals surface area (Å²) in [5.41, 5.74) is 3.16. The summed E-state index contributed by atoms with van der Waals surface area (Å²) in [5.74, 6) is 5.57. The van der Waals surface area contributed by atoms with Gasteiger partial charge in [0.2, 0.25) is 0 Å². The Kier molecular flexibility index (Phi) is 5.11. The van der Waals surface area contributed by atoms with Crippen LogP contribution in [0.3, 0.4) is 0 Å². The normalized spacial score (nSPS) is 10.3. The minimum Gasteiger partial charge on any atom is -0.488 e. The molecule has 0 fully saturated rings. The summed E-state index contributed by atoms with van der Waals surface area (Å²) in [4.78, 5) is 12.9. The van der Waals surface area contributed by atoms with Crippen LogP contribution in [-0.4, -0.2) is 13.0 Å². The molecule has 1 aromatic heterocycles. The van der Waals surface area contributed by atoms with Crippen molar-refractivity contribution in [3.8, 4) is 5.75 Å². The molecule has 3 N–H and O–H groups in total. The predicted molar refractivity (Wildman–Crippen MR) is 77.5 cm³/mol. The molecule has 0 bridgehead atoms. The van der Waals surface area contributed by atoms with Gasteiger partial charge in [0, 0.05) is 12.0 Å². The molecule has 0 atom stereocenters. The van der Waals surface area contributed by atoms with Crippen LogP contribution < -0.4 is 16.0 Å². The first-order chi connectivity index (χ1) is 9.72. The van der Waals surface area contributed by atoms with Crippen molar-refractivity contribution < 1.29 is 14.3 Å². The molecule has 0 saturated carbocycles. The van der Waals surface area contributed by atoms with Crippen LogP contribution in [0.2, 0.25) is 0 Å². The van der Waals surface area contributed by atoms with E-state index in [0.29, 0.717) is 18.1 Å². The van der Waals surface area contributed by atoms with Crippen LogP contribution in [0.1, 0.15) is 20.1 Å². The van der Waals surface area contributed by atoms with Crippen LogP contribution >= 0.6 is 11.3 Å². The minimum atomic E-state index is -0.289. The molecule has 0 saturated heterocycles. The molecule has 6 heteroatoms. The average Bonchev–Trinajstić information content (AvgIpc) is 2.94. The fraction of sp³-hybridized carbons (Fsp3) is 0.214. The Morgan fingerprint density at radius 2 is 2.15 bits per heavy atom. The van der Waals surface area contributed by atoms with Crippen molar-refractivity contribution in [3.63, 3.8) is 0 Å². The van der Waals surface area contributed by atoms with E-state index in [0.717, 1.165) is 16.2 Å². The molecule has 1 heterocycles. The highest BCUT2D eigenvalue weighted by molar-refractivity contribution is 7.14. The predicted octanol–water partition coefficient (Wildman–Crippen LogP) is 2.08. The monoisotopic (exact) mass is 292 g/mol. The number of thiophene rings is 1. The molecule has 0 radical (unpaired) electrons. The van der Waals surface area contributed by atoms with Gasteiger partial charge < -0.3 is 9.47 Å². The minimum absolute atomic E-state index is 0.289. The number of nitrogen functional groups attached to an aromatic ring is 1. The van der Waals surface area contributed by atoms with Crippen LogP contribution in [0.5, 0.6) is 5.75 Å². The Hall–Kier alpha value is -1.89. The van der Waals surface area contributed by atoms with Gasteiger partial charge in [0.25, 0.3) is 5.91 Å². The van der Waals surface area contributed by atoms with Gasteiger partial charge in [0.05, 0.1) is 11.5 Å². The molecule has 2 rings (SSSR count). The van der Waals surface area contributed by atoms with Gasteiger partial charge in [-0.3, -0.25) is 10.2 Å². The second-order valence-electron chi connectivity index (χ2n) is 4.11. The summed E-state index contributed by atoms with van der Waals surface area (Å²) in [6.45, 7) is 0.968. The van der Waals surface area contributed by atoms with Gasteiger partial charge in [-0.1, -0.05) is 12.1 Å². The summed E-state index contributed by atoms with van der Waals surface area (Å²) in [5, 5.41) is 0. The number of carbonyl (C=O) groups excluding carboxylic acids is 1. The highest BCUT2D eigenvalue weighted by Crippen LogP contribution is 2.20. The number of hydrazine groups is 1. The third kappa shape index (κ3) is 3.80. The molecule has 5 nitrogen and oxygen atoms in total. The highest BCUT2D eigenvalue weighted by atomic mass is 32.1. The summed E-state index contributed by atoms with van der Waals surface area (Å²) in [6, 6.07) is 11.3. The lowest BCUT2D eigenvalue weighted by atomic mass is 10.2. The Labute approximate surface area is 121 Å². The standard InChI is InChI=1S/C14H16N2O3S/c1-18-8-10-3-2-4-11(7-10)19-9-12-5-6-13(20-12)14(17)16-15/h2-7H,8-9,15H2,1H3,(H,16,17). The lowest BCUT2D eigenvalue weighted by Crippen LogP contribution is -2.29. The second-order valence-corrected chi connectivity index (χ2v) is 5.28. The van der Waals surface area contributed by atoms with Crippen LogP contribution in [0.25, 0.3) is 0 Å². The van der Waals surface area contributed by atoms with Gasteiger partial charge in [0.15, 0.2) is 0 Å². The molecule has 0 aliphatic rings. The first-order valence-corrected chi connectivity index (χ1v) is 6.85. The summed E-state index contributed by atoms with van der Waals surface area (Å²) in [6.07, 6.45) is 0. The first kappa shape index (κ1) is 14.5. The van der Waals surface area contributed by atoms with Gasteiger partial charge in [0.1, 0.15) is 12.4 Å². The molecule has 106 valence electrons. The van der Waals surface area contributed by atoms with Gasteiger partial charge >= 0.3 is 0 Å². The van der Waals surface area contributed by atoms with Crippen molar-refractivity contribution in [1.82, 2.24) is 5.43 Å². The maximum absolute atomic E-state index is 11.3. The molecule has 2 aromatic rings. The van der Waals surface area contributed by atoms with E-state index in [2.05, 4.69) is 5.43 Å². The smallest absolute Gasteiger partial charge is 0.275 e. The van der Waals surface area contributed by atoms with Gasteiger partial charge in [-0.15, -0.1) is 11.3 Å². The van der Waals surface area contributed by atoms with E-state index in [4.69, 9.17) is 15.3 Å². The number of nitrogens with two attached hydrogens (primary N) is 1. The van der Waals surface area contributed by atoms with Crippen LogP contribution in [0, 0.1) is 0 Å². The third-order valence-corrected chi connectivity index (χ3v) is 3.66. The molecule has 0 aliphatic carbocycles. The summed E-state index contributed by atoms with van der Waals surface area (Å²) in [7, 11) is 1.66. The molecule has 0 spiro atoms. The van der Waals surface area contributed by atoms with E-state index < -0.39 is 0 Å². The van der Waals surface area contributed by atoms with Gasteiger partial charge in [-0.05, 0) is 29.8 Å². The number of rotatable bonds is 6. The first-order valence-electron chi connectivity index (χ1n) is 6.03. The number of carbonyl (C=O) groups is 1. The number of nitrogens with one attached hydrogen (secondary N) is 1. The van der Waals surface area contributed by atoms with E-state index in [9.17, 15) is 4.79 Å².